The van der Waals surface area contributed by atoms with Gasteiger partial charge in [-0.25, -0.2) is 4.98 Å². The van der Waals surface area contributed by atoms with Gasteiger partial charge in [0.25, 0.3) is 0 Å². The molecule has 0 radical (unpaired) electrons. The first-order valence-corrected chi connectivity index (χ1v) is 7.49. The van der Waals surface area contributed by atoms with Crippen LogP contribution in [0.2, 0.25) is 0 Å². The van der Waals surface area contributed by atoms with E-state index in [1.54, 1.807) is 0 Å². The maximum Gasteiger partial charge on any atom is 0.227 e. The molecule has 108 valence electrons. The van der Waals surface area contributed by atoms with Gasteiger partial charge in [-0.05, 0) is 36.2 Å². The maximum atomic E-state index is 6.19. The third kappa shape index (κ3) is 2.98. The molecule has 0 aliphatic carbocycles. The molecule has 0 aliphatic heterocycles. The third-order valence-electron chi connectivity index (χ3n) is 3.75. The van der Waals surface area contributed by atoms with Crippen LogP contribution in [0.4, 0.5) is 0 Å². The summed E-state index contributed by atoms with van der Waals surface area (Å²) < 4.78 is 5.78. The highest BCUT2D eigenvalue weighted by Crippen LogP contribution is 2.26. The highest BCUT2D eigenvalue weighted by Gasteiger charge is 2.09. The van der Waals surface area contributed by atoms with Crippen LogP contribution in [0, 0.1) is 0 Å². The minimum atomic E-state index is 0.114. The van der Waals surface area contributed by atoms with Crippen molar-refractivity contribution in [2.45, 2.75) is 32.2 Å². The zero-order valence-corrected chi connectivity index (χ0v) is 12.3. The van der Waals surface area contributed by atoms with Crippen molar-refractivity contribution in [3.63, 3.8) is 0 Å². The number of unbranched alkanes of at least 4 members (excludes halogenated alkanes) is 1. The molecule has 0 bridgehead atoms. The van der Waals surface area contributed by atoms with E-state index >= 15 is 0 Å². The largest absolute Gasteiger partial charge is 0.436 e. The quantitative estimate of drug-likeness (QED) is 0.738. The van der Waals surface area contributed by atoms with Gasteiger partial charge >= 0.3 is 0 Å². The molecule has 21 heavy (non-hydrogen) atoms. The topological polar surface area (TPSA) is 52.0 Å². The first-order chi connectivity index (χ1) is 10.3. The van der Waals surface area contributed by atoms with Gasteiger partial charge in [-0.3, -0.25) is 0 Å². The van der Waals surface area contributed by atoms with E-state index in [1.165, 1.54) is 12.0 Å². The van der Waals surface area contributed by atoms with Crippen LogP contribution in [0.15, 0.2) is 52.9 Å². The molecule has 1 heterocycles. The summed E-state index contributed by atoms with van der Waals surface area (Å²) in [5.41, 5.74) is 10.0. The molecule has 2 aromatic carbocycles. The van der Waals surface area contributed by atoms with Gasteiger partial charge in [0.15, 0.2) is 5.58 Å². The average Bonchev–Trinajstić information content (AvgIpc) is 2.96. The first-order valence-electron chi connectivity index (χ1n) is 7.49. The zero-order chi connectivity index (χ0) is 14.7. The fourth-order valence-electron chi connectivity index (χ4n) is 2.46. The predicted molar refractivity (Wildman–Crippen MR) is 85.9 cm³/mol. The van der Waals surface area contributed by atoms with Crippen molar-refractivity contribution in [1.29, 1.82) is 0 Å². The smallest absolute Gasteiger partial charge is 0.227 e. The number of para-hydroxylation sites is 2. The molecule has 1 atom stereocenters. The van der Waals surface area contributed by atoms with E-state index in [0.29, 0.717) is 5.89 Å². The molecule has 0 saturated heterocycles. The lowest BCUT2D eigenvalue weighted by Gasteiger charge is -2.11. The van der Waals surface area contributed by atoms with Gasteiger partial charge in [0.1, 0.15) is 5.52 Å². The standard InChI is InChI=1S/C18H20N2O/c1-2-3-6-15(19)13-9-11-14(12-10-13)18-20-16-7-4-5-8-17(16)21-18/h4-5,7-12,15H,2-3,6,19H2,1H3/t15-/m0/s1. The number of hydrogen-bond donors (Lipinski definition) is 1. The third-order valence-corrected chi connectivity index (χ3v) is 3.75. The second kappa shape index (κ2) is 6.10. The Kier molecular flexibility index (Phi) is 4.02. The second-order valence-electron chi connectivity index (χ2n) is 5.36. The van der Waals surface area contributed by atoms with Crippen LogP contribution in [0.3, 0.4) is 0 Å². The van der Waals surface area contributed by atoms with Gasteiger partial charge < -0.3 is 10.2 Å². The number of nitrogens with two attached hydrogens (primary N) is 1. The van der Waals surface area contributed by atoms with Crippen LogP contribution in [-0.2, 0) is 0 Å². The fourth-order valence-corrected chi connectivity index (χ4v) is 2.46. The van der Waals surface area contributed by atoms with Crippen LogP contribution in [-0.4, -0.2) is 4.98 Å². The maximum absolute atomic E-state index is 6.19. The summed E-state index contributed by atoms with van der Waals surface area (Å²) in [6.45, 7) is 2.18. The fraction of sp³-hybridized carbons (Fsp3) is 0.278. The highest BCUT2D eigenvalue weighted by atomic mass is 16.3. The highest BCUT2D eigenvalue weighted by molar-refractivity contribution is 5.75. The van der Waals surface area contributed by atoms with E-state index in [4.69, 9.17) is 10.2 Å². The molecule has 0 aliphatic rings. The van der Waals surface area contributed by atoms with Crippen molar-refractivity contribution in [2.24, 2.45) is 5.73 Å². The number of hydrogen-bond acceptors (Lipinski definition) is 3. The minimum absolute atomic E-state index is 0.114. The minimum Gasteiger partial charge on any atom is -0.436 e. The number of oxazole rings is 1. The Labute approximate surface area is 124 Å². The summed E-state index contributed by atoms with van der Waals surface area (Å²) in [4.78, 5) is 4.51. The average molecular weight is 280 g/mol. The summed E-state index contributed by atoms with van der Waals surface area (Å²) in [6.07, 6.45) is 3.36. The normalized spacial score (nSPS) is 12.7. The summed E-state index contributed by atoms with van der Waals surface area (Å²) in [5.74, 6) is 0.657. The SMILES string of the molecule is CCCC[C@H](N)c1ccc(-c2nc3ccccc3o2)cc1. The van der Waals surface area contributed by atoms with E-state index in [-0.39, 0.29) is 6.04 Å². The van der Waals surface area contributed by atoms with Crippen LogP contribution in [0.5, 0.6) is 0 Å². The van der Waals surface area contributed by atoms with Crippen molar-refractivity contribution in [2.75, 3.05) is 0 Å². The van der Waals surface area contributed by atoms with Gasteiger partial charge in [-0.2, -0.15) is 0 Å². The number of aromatic nitrogens is 1. The van der Waals surface area contributed by atoms with Crippen LogP contribution < -0.4 is 5.73 Å². The Bertz CT molecular complexity index is 682. The summed E-state index contributed by atoms with van der Waals surface area (Å²) in [7, 11) is 0. The number of benzene rings is 2. The Morgan fingerprint density at radius 2 is 1.86 bits per heavy atom. The number of fused-ring (bicyclic) bond motifs is 1. The lowest BCUT2D eigenvalue weighted by atomic mass is 10.0. The molecule has 0 amide bonds. The van der Waals surface area contributed by atoms with Crippen molar-refractivity contribution in [1.82, 2.24) is 4.98 Å². The molecule has 3 aromatic rings. The van der Waals surface area contributed by atoms with Crippen molar-refractivity contribution in [3.8, 4) is 11.5 Å². The molecule has 3 rings (SSSR count). The molecule has 0 unspecified atom stereocenters. The van der Waals surface area contributed by atoms with Crippen molar-refractivity contribution >= 4 is 11.1 Å². The molecular weight excluding hydrogens is 260 g/mol. The number of rotatable bonds is 5. The van der Waals surface area contributed by atoms with Crippen LogP contribution in [0.1, 0.15) is 37.8 Å². The second-order valence-corrected chi connectivity index (χ2v) is 5.36. The van der Waals surface area contributed by atoms with Crippen LogP contribution in [0.25, 0.3) is 22.6 Å². The molecule has 2 N–H and O–H groups in total. The lowest BCUT2D eigenvalue weighted by Crippen LogP contribution is -2.09. The summed E-state index contributed by atoms with van der Waals surface area (Å²) in [5, 5.41) is 0. The molecule has 0 spiro atoms. The molecule has 0 saturated carbocycles. The molecule has 3 nitrogen and oxygen atoms in total. The number of nitrogens with zero attached hydrogens (tertiary/aromatic N) is 1. The first kappa shape index (κ1) is 13.8. The van der Waals surface area contributed by atoms with Crippen molar-refractivity contribution in [3.05, 3.63) is 54.1 Å². The summed E-state index contributed by atoms with van der Waals surface area (Å²) in [6, 6.07) is 16.1. The van der Waals surface area contributed by atoms with Gasteiger partial charge in [-0.15, -0.1) is 0 Å². The zero-order valence-electron chi connectivity index (χ0n) is 12.3. The summed E-state index contributed by atoms with van der Waals surface area (Å²) >= 11 is 0. The molecule has 3 heteroatoms. The van der Waals surface area contributed by atoms with Crippen LogP contribution >= 0.6 is 0 Å². The molecule has 0 fully saturated rings. The Balaban J connectivity index is 1.83. The van der Waals surface area contributed by atoms with E-state index in [1.807, 2.05) is 36.4 Å². The monoisotopic (exact) mass is 280 g/mol. The van der Waals surface area contributed by atoms with Gasteiger partial charge in [0, 0.05) is 11.6 Å². The van der Waals surface area contributed by atoms with E-state index in [2.05, 4.69) is 24.0 Å². The van der Waals surface area contributed by atoms with E-state index in [0.717, 1.165) is 29.5 Å². The van der Waals surface area contributed by atoms with Crippen molar-refractivity contribution < 1.29 is 4.42 Å². The van der Waals surface area contributed by atoms with Gasteiger partial charge in [0.05, 0.1) is 0 Å². The van der Waals surface area contributed by atoms with E-state index < -0.39 is 0 Å². The van der Waals surface area contributed by atoms with Gasteiger partial charge in [-0.1, -0.05) is 44.0 Å². The van der Waals surface area contributed by atoms with E-state index in [9.17, 15) is 0 Å². The molecule has 1 aromatic heterocycles. The van der Waals surface area contributed by atoms with Gasteiger partial charge in [0.2, 0.25) is 5.89 Å². The predicted octanol–water partition coefficient (Wildman–Crippen LogP) is 4.68. The Morgan fingerprint density at radius 1 is 1.10 bits per heavy atom. The molecular formula is C18H20N2O. The lowest BCUT2D eigenvalue weighted by molar-refractivity contribution is 0.603. The Morgan fingerprint density at radius 3 is 2.57 bits per heavy atom. The Hall–Kier alpha value is -2.13.